The molecule has 2 heterocycles. The van der Waals surface area contributed by atoms with E-state index in [2.05, 4.69) is 5.16 Å². The second kappa shape index (κ2) is 4.87. The number of nitrogens with zero attached hydrogens (tertiary/aromatic N) is 2. The van der Waals surface area contributed by atoms with E-state index < -0.39 is 0 Å². The summed E-state index contributed by atoms with van der Waals surface area (Å²) in [7, 11) is 0. The average Bonchev–Trinajstić information content (AvgIpc) is 2.75. The molecule has 0 saturated carbocycles. The van der Waals surface area contributed by atoms with Crippen LogP contribution in [0.2, 0.25) is 0 Å². The van der Waals surface area contributed by atoms with Crippen molar-refractivity contribution in [2.75, 3.05) is 13.1 Å². The Morgan fingerprint density at radius 3 is 3.06 bits per heavy atom. The number of aliphatic hydroxyl groups is 1. The molecule has 2 unspecified atom stereocenters. The van der Waals surface area contributed by atoms with Gasteiger partial charge in [-0.25, -0.2) is 0 Å². The van der Waals surface area contributed by atoms with E-state index in [0.29, 0.717) is 18.0 Å². The summed E-state index contributed by atoms with van der Waals surface area (Å²) in [6, 6.07) is 1.65. The predicted molar refractivity (Wildman–Crippen MR) is 61.5 cm³/mol. The summed E-state index contributed by atoms with van der Waals surface area (Å²) in [6.07, 6.45) is 1.53. The Morgan fingerprint density at radius 2 is 2.47 bits per heavy atom. The van der Waals surface area contributed by atoms with Crippen LogP contribution in [0.4, 0.5) is 0 Å². The minimum absolute atomic E-state index is 0.104. The summed E-state index contributed by atoms with van der Waals surface area (Å²) in [4.78, 5) is 13.9. The Hall–Kier alpha value is -1.36. The number of aryl methyl sites for hydroxylation is 1. The third kappa shape index (κ3) is 2.66. The van der Waals surface area contributed by atoms with Gasteiger partial charge in [-0.15, -0.1) is 0 Å². The van der Waals surface area contributed by atoms with Crippen molar-refractivity contribution >= 4 is 5.91 Å². The van der Waals surface area contributed by atoms with E-state index in [0.717, 1.165) is 19.4 Å². The number of rotatable bonds is 2. The molecular formula is C12H18N2O3. The number of carbonyl (C=O) groups is 1. The molecule has 1 aliphatic heterocycles. The first-order valence-electron chi connectivity index (χ1n) is 5.98. The molecule has 0 aliphatic carbocycles. The fourth-order valence-corrected chi connectivity index (χ4v) is 2.22. The van der Waals surface area contributed by atoms with Gasteiger partial charge in [0.15, 0.2) is 5.69 Å². The maximum atomic E-state index is 12.1. The minimum Gasteiger partial charge on any atom is -0.393 e. The maximum Gasteiger partial charge on any atom is 0.276 e. The van der Waals surface area contributed by atoms with Crippen molar-refractivity contribution in [3.8, 4) is 0 Å². The highest BCUT2D eigenvalue weighted by Gasteiger charge is 2.28. The highest BCUT2D eigenvalue weighted by atomic mass is 16.5. The van der Waals surface area contributed by atoms with Gasteiger partial charge in [-0.05, 0) is 26.7 Å². The lowest BCUT2D eigenvalue weighted by atomic mass is 9.93. The number of hydrogen-bond acceptors (Lipinski definition) is 4. The molecule has 2 rings (SSSR count). The lowest BCUT2D eigenvalue weighted by Crippen LogP contribution is -2.43. The van der Waals surface area contributed by atoms with Crippen LogP contribution in [-0.2, 0) is 0 Å². The van der Waals surface area contributed by atoms with Gasteiger partial charge in [0.05, 0.1) is 6.10 Å². The molecule has 1 fully saturated rings. The Labute approximate surface area is 100 Å². The van der Waals surface area contributed by atoms with E-state index in [1.807, 2.05) is 0 Å². The fraction of sp³-hybridized carbons (Fsp3) is 0.667. The molecule has 5 nitrogen and oxygen atoms in total. The van der Waals surface area contributed by atoms with Crippen molar-refractivity contribution in [2.45, 2.75) is 32.8 Å². The zero-order valence-electron chi connectivity index (χ0n) is 10.2. The second-order valence-corrected chi connectivity index (χ2v) is 4.72. The van der Waals surface area contributed by atoms with Gasteiger partial charge < -0.3 is 14.5 Å². The quantitative estimate of drug-likeness (QED) is 0.841. The molecule has 0 radical (unpaired) electrons. The molecule has 17 heavy (non-hydrogen) atoms. The third-order valence-corrected chi connectivity index (χ3v) is 3.27. The Morgan fingerprint density at radius 1 is 1.71 bits per heavy atom. The van der Waals surface area contributed by atoms with Crippen molar-refractivity contribution in [2.24, 2.45) is 5.92 Å². The molecule has 1 aliphatic rings. The molecule has 1 aromatic rings. The monoisotopic (exact) mass is 238 g/mol. The van der Waals surface area contributed by atoms with Crippen molar-refractivity contribution in [1.82, 2.24) is 10.1 Å². The zero-order valence-corrected chi connectivity index (χ0v) is 10.2. The Balaban J connectivity index is 2.04. The van der Waals surface area contributed by atoms with Crippen LogP contribution in [-0.4, -0.2) is 40.3 Å². The summed E-state index contributed by atoms with van der Waals surface area (Å²) in [6.45, 7) is 4.87. The zero-order chi connectivity index (χ0) is 12.4. The average molecular weight is 238 g/mol. The smallest absolute Gasteiger partial charge is 0.276 e. The minimum atomic E-state index is -0.371. The van der Waals surface area contributed by atoms with E-state index in [4.69, 9.17) is 4.52 Å². The number of likely N-dealkylation sites (tertiary alicyclic amines) is 1. The number of carbonyl (C=O) groups excluding carboxylic acids is 1. The molecule has 0 aromatic carbocycles. The van der Waals surface area contributed by atoms with E-state index in [9.17, 15) is 9.90 Å². The van der Waals surface area contributed by atoms with Crippen LogP contribution in [0, 0.1) is 12.8 Å². The molecule has 94 valence electrons. The number of hydrogen-bond donors (Lipinski definition) is 1. The van der Waals surface area contributed by atoms with Crippen LogP contribution < -0.4 is 0 Å². The Kier molecular flexibility index (Phi) is 3.47. The van der Waals surface area contributed by atoms with E-state index in [1.54, 1.807) is 24.8 Å². The molecule has 1 N–H and O–H groups in total. The van der Waals surface area contributed by atoms with Gasteiger partial charge in [0.1, 0.15) is 5.76 Å². The molecule has 0 spiro atoms. The Bertz CT molecular complexity index is 400. The summed E-state index contributed by atoms with van der Waals surface area (Å²) in [5.41, 5.74) is 0.355. The van der Waals surface area contributed by atoms with Crippen LogP contribution in [0.15, 0.2) is 10.6 Å². The lowest BCUT2D eigenvalue weighted by molar-refractivity contribution is 0.0458. The highest BCUT2D eigenvalue weighted by molar-refractivity contribution is 5.92. The van der Waals surface area contributed by atoms with Gasteiger partial charge in [-0.1, -0.05) is 5.16 Å². The van der Waals surface area contributed by atoms with Gasteiger partial charge in [-0.3, -0.25) is 4.79 Å². The lowest BCUT2D eigenvalue weighted by Gasteiger charge is -2.33. The van der Waals surface area contributed by atoms with Crippen molar-refractivity contribution in [3.05, 3.63) is 17.5 Å². The second-order valence-electron chi connectivity index (χ2n) is 4.72. The molecule has 5 heteroatoms. The van der Waals surface area contributed by atoms with Crippen LogP contribution >= 0.6 is 0 Å². The van der Waals surface area contributed by atoms with Crippen molar-refractivity contribution < 1.29 is 14.4 Å². The van der Waals surface area contributed by atoms with Crippen LogP contribution in [0.3, 0.4) is 0 Å². The van der Waals surface area contributed by atoms with Gasteiger partial charge in [0.25, 0.3) is 5.91 Å². The molecule has 1 amide bonds. The number of amides is 1. The molecule has 1 saturated heterocycles. The van der Waals surface area contributed by atoms with E-state index in [1.165, 1.54) is 0 Å². The largest absolute Gasteiger partial charge is 0.393 e. The first-order valence-corrected chi connectivity index (χ1v) is 5.98. The normalized spacial score (nSPS) is 22.5. The van der Waals surface area contributed by atoms with E-state index >= 15 is 0 Å². The van der Waals surface area contributed by atoms with Crippen LogP contribution in [0.25, 0.3) is 0 Å². The van der Waals surface area contributed by atoms with Gasteiger partial charge in [0, 0.05) is 25.1 Å². The number of aliphatic hydroxyl groups excluding tert-OH is 1. The first kappa shape index (κ1) is 12.1. The summed E-state index contributed by atoms with van der Waals surface area (Å²) >= 11 is 0. The maximum absolute atomic E-state index is 12.1. The number of piperidine rings is 1. The van der Waals surface area contributed by atoms with Crippen LogP contribution in [0.1, 0.15) is 36.0 Å². The summed E-state index contributed by atoms with van der Waals surface area (Å²) in [5, 5.41) is 13.3. The predicted octanol–water partition coefficient (Wildman–Crippen LogP) is 1.22. The third-order valence-electron chi connectivity index (χ3n) is 3.27. The topological polar surface area (TPSA) is 66.6 Å². The standard InChI is InChI=1S/C12H18N2O3/c1-8-6-11(13-17-8)12(16)14-5-3-4-10(7-14)9(2)15/h6,9-10,15H,3-5,7H2,1-2H3. The molecule has 1 aromatic heterocycles. The number of aromatic nitrogens is 1. The van der Waals surface area contributed by atoms with Gasteiger partial charge in [0.2, 0.25) is 0 Å². The SMILES string of the molecule is Cc1cc(C(=O)N2CCCC(C(C)O)C2)no1. The molecular weight excluding hydrogens is 220 g/mol. The van der Waals surface area contributed by atoms with Gasteiger partial charge >= 0.3 is 0 Å². The van der Waals surface area contributed by atoms with Gasteiger partial charge in [-0.2, -0.15) is 0 Å². The van der Waals surface area contributed by atoms with Crippen molar-refractivity contribution in [1.29, 1.82) is 0 Å². The van der Waals surface area contributed by atoms with E-state index in [-0.39, 0.29) is 17.9 Å². The summed E-state index contributed by atoms with van der Waals surface area (Å²) in [5.74, 6) is 0.699. The summed E-state index contributed by atoms with van der Waals surface area (Å²) < 4.78 is 4.90. The highest BCUT2D eigenvalue weighted by Crippen LogP contribution is 2.21. The van der Waals surface area contributed by atoms with Crippen molar-refractivity contribution in [3.63, 3.8) is 0 Å². The molecule has 2 atom stereocenters. The van der Waals surface area contributed by atoms with Crippen LogP contribution in [0.5, 0.6) is 0 Å². The molecule has 0 bridgehead atoms. The fourth-order valence-electron chi connectivity index (χ4n) is 2.22. The first-order chi connectivity index (χ1) is 8.08.